The van der Waals surface area contributed by atoms with Gasteiger partial charge in [0.05, 0.1) is 0 Å². The fourth-order valence-electron chi connectivity index (χ4n) is 2.25. The third-order valence-electron chi connectivity index (χ3n) is 3.41. The minimum atomic E-state index is -0.341. The molecule has 4 heteroatoms. The maximum atomic E-state index is 11.9. The molecule has 0 saturated carbocycles. The predicted octanol–water partition coefficient (Wildman–Crippen LogP) is 1.40. The molecule has 19 heavy (non-hydrogen) atoms. The van der Waals surface area contributed by atoms with Gasteiger partial charge < -0.3 is 10.6 Å². The van der Waals surface area contributed by atoms with Gasteiger partial charge in [0, 0.05) is 12.5 Å². The molecule has 0 spiro atoms. The summed E-state index contributed by atoms with van der Waals surface area (Å²) in [6.07, 6.45) is 2.91. The van der Waals surface area contributed by atoms with Crippen LogP contribution in [0.25, 0.3) is 0 Å². The maximum Gasteiger partial charge on any atom is 0.242 e. The van der Waals surface area contributed by atoms with Gasteiger partial charge in [0.15, 0.2) is 0 Å². The van der Waals surface area contributed by atoms with E-state index in [9.17, 15) is 9.59 Å². The van der Waals surface area contributed by atoms with Crippen LogP contribution in [-0.2, 0) is 16.0 Å². The molecule has 0 unspecified atom stereocenters. The molecule has 4 nitrogen and oxygen atoms in total. The second-order valence-electron chi connectivity index (χ2n) is 5.09. The highest BCUT2D eigenvalue weighted by molar-refractivity contribution is 5.90. The van der Waals surface area contributed by atoms with Crippen LogP contribution in [0.3, 0.4) is 0 Å². The molecule has 2 atom stereocenters. The number of hydrogen-bond acceptors (Lipinski definition) is 2. The summed E-state index contributed by atoms with van der Waals surface area (Å²) in [4.78, 5) is 23.0. The molecule has 0 aromatic heterocycles. The van der Waals surface area contributed by atoms with E-state index in [-0.39, 0.29) is 23.9 Å². The van der Waals surface area contributed by atoms with Crippen LogP contribution < -0.4 is 10.6 Å². The average molecular weight is 260 g/mol. The summed E-state index contributed by atoms with van der Waals surface area (Å²) < 4.78 is 0. The molecule has 1 saturated heterocycles. The largest absolute Gasteiger partial charge is 0.352 e. The summed E-state index contributed by atoms with van der Waals surface area (Å²) in [5, 5.41) is 5.64. The van der Waals surface area contributed by atoms with Crippen molar-refractivity contribution in [2.75, 3.05) is 0 Å². The van der Waals surface area contributed by atoms with Gasteiger partial charge in [-0.25, -0.2) is 0 Å². The summed E-state index contributed by atoms with van der Waals surface area (Å²) >= 11 is 0. The van der Waals surface area contributed by atoms with E-state index in [0.29, 0.717) is 12.8 Å². The maximum absolute atomic E-state index is 11.9. The molecule has 1 fully saturated rings. The molecule has 1 heterocycles. The Labute approximate surface area is 113 Å². The van der Waals surface area contributed by atoms with Gasteiger partial charge in [-0.3, -0.25) is 9.59 Å². The van der Waals surface area contributed by atoms with Crippen molar-refractivity contribution in [3.63, 3.8) is 0 Å². The molecule has 0 radical (unpaired) electrons. The van der Waals surface area contributed by atoms with Gasteiger partial charge >= 0.3 is 0 Å². The number of rotatable bonds is 5. The van der Waals surface area contributed by atoms with Crippen LogP contribution in [0, 0.1) is 0 Å². The normalized spacial score (nSPS) is 19.8. The zero-order valence-corrected chi connectivity index (χ0v) is 11.2. The van der Waals surface area contributed by atoms with Crippen molar-refractivity contribution in [1.29, 1.82) is 0 Å². The fourth-order valence-corrected chi connectivity index (χ4v) is 2.25. The van der Waals surface area contributed by atoms with E-state index in [4.69, 9.17) is 0 Å². The van der Waals surface area contributed by atoms with E-state index in [1.807, 2.05) is 25.1 Å². The number of nitrogens with one attached hydrogen (secondary N) is 2. The van der Waals surface area contributed by atoms with Gasteiger partial charge in [0.25, 0.3) is 0 Å². The lowest BCUT2D eigenvalue weighted by Gasteiger charge is -2.17. The molecule has 1 aromatic carbocycles. The zero-order chi connectivity index (χ0) is 13.7. The number of aryl methyl sites for hydroxylation is 1. The molecular formula is C15H20N2O2. The number of carbonyl (C=O) groups excluding carboxylic acids is 2. The van der Waals surface area contributed by atoms with Gasteiger partial charge in [0.2, 0.25) is 11.8 Å². The molecular weight excluding hydrogens is 240 g/mol. The minimum Gasteiger partial charge on any atom is -0.352 e. The standard InChI is InChI=1S/C15H20N2O2/c1-11(7-8-12-5-3-2-4-6-12)16-15(19)13-9-10-14(18)17-13/h2-6,11,13H,7-10H2,1H3,(H,16,19)(H,17,18)/t11-,13+/m0/s1. The molecule has 2 rings (SSSR count). The van der Waals surface area contributed by atoms with Crippen molar-refractivity contribution in [1.82, 2.24) is 10.6 Å². The lowest BCUT2D eigenvalue weighted by Crippen LogP contribution is -2.45. The first-order valence-corrected chi connectivity index (χ1v) is 6.79. The van der Waals surface area contributed by atoms with Crippen LogP contribution in [0.5, 0.6) is 0 Å². The molecule has 1 aliphatic heterocycles. The molecule has 1 aliphatic rings. The van der Waals surface area contributed by atoms with Gasteiger partial charge in [-0.1, -0.05) is 30.3 Å². The SMILES string of the molecule is C[C@@H](CCc1ccccc1)NC(=O)[C@H]1CCC(=O)N1. The highest BCUT2D eigenvalue weighted by atomic mass is 16.2. The Hall–Kier alpha value is -1.84. The summed E-state index contributed by atoms with van der Waals surface area (Å²) in [5.41, 5.74) is 1.28. The average Bonchev–Trinajstić information content (AvgIpc) is 2.84. The second-order valence-corrected chi connectivity index (χ2v) is 5.09. The smallest absolute Gasteiger partial charge is 0.242 e. The van der Waals surface area contributed by atoms with E-state index in [0.717, 1.165) is 12.8 Å². The predicted molar refractivity (Wildman–Crippen MR) is 73.5 cm³/mol. The van der Waals surface area contributed by atoms with Gasteiger partial charge in [-0.15, -0.1) is 0 Å². The van der Waals surface area contributed by atoms with E-state index < -0.39 is 0 Å². The van der Waals surface area contributed by atoms with Crippen molar-refractivity contribution in [2.45, 2.75) is 44.7 Å². The zero-order valence-electron chi connectivity index (χ0n) is 11.2. The number of amides is 2. The topological polar surface area (TPSA) is 58.2 Å². The Balaban J connectivity index is 1.73. The van der Waals surface area contributed by atoms with Gasteiger partial charge in [-0.2, -0.15) is 0 Å². The van der Waals surface area contributed by atoms with Crippen LogP contribution in [-0.4, -0.2) is 23.9 Å². The minimum absolute atomic E-state index is 0.0305. The highest BCUT2D eigenvalue weighted by Crippen LogP contribution is 2.08. The Morgan fingerprint density at radius 3 is 2.79 bits per heavy atom. The van der Waals surface area contributed by atoms with E-state index in [2.05, 4.69) is 22.8 Å². The quantitative estimate of drug-likeness (QED) is 0.841. The third kappa shape index (κ3) is 4.09. The summed E-state index contributed by atoms with van der Waals surface area (Å²) in [6.45, 7) is 2.00. The molecule has 0 aliphatic carbocycles. The van der Waals surface area contributed by atoms with Crippen LogP contribution >= 0.6 is 0 Å². The van der Waals surface area contributed by atoms with Crippen LogP contribution in [0.4, 0.5) is 0 Å². The number of hydrogen-bond donors (Lipinski definition) is 2. The Kier molecular flexibility index (Phi) is 4.55. The molecule has 1 aromatic rings. The fraction of sp³-hybridized carbons (Fsp3) is 0.467. The molecule has 0 bridgehead atoms. The van der Waals surface area contributed by atoms with Crippen molar-refractivity contribution >= 4 is 11.8 Å². The molecule has 2 amide bonds. The summed E-state index contributed by atoms with van der Waals surface area (Å²) in [7, 11) is 0. The summed E-state index contributed by atoms with van der Waals surface area (Å²) in [5.74, 6) is -0.0940. The first kappa shape index (κ1) is 13.6. The Bertz CT molecular complexity index is 445. The van der Waals surface area contributed by atoms with Gasteiger partial charge in [0.1, 0.15) is 6.04 Å². The van der Waals surface area contributed by atoms with Crippen molar-refractivity contribution in [3.8, 4) is 0 Å². The lowest BCUT2D eigenvalue weighted by atomic mass is 10.1. The lowest BCUT2D eigenvalue weighted by molar-refractivity contribution is -0.126. The van der Waals surface area contributed by atoms with Crippen LogP contribution in [0.2, 0.25) is 0 Å². The number of benzene rings is 1. The third-order valence-corrected chi connectivity index (χ3v) is 3.41. The molecule has 2 N–H and O–H groups in total. The first-order chi connectivity index (χ1) is 9.15. The van der Waals surface area contributed by atoms with Gasteiger partial charge in [-0.05, 0) is 31.7 Å². The number of carbonyl (C=O) groups is 2. The van der Waals surface area contributed by atoms with Crippen molar-refractivity contribution in [3.05, 3.63) is 35.9 Å². The Morgan fingerprint density at radius 2 is 2.16 bits per heavy atom. The van der Waals surface area contributed by atoms with Crippen LogP contribution in [0.1, 0.15) is 31.7 Å². The Morgan fingerprint density at radius 1 is 1.42 bits per heavy atom. The van der Waals surface area contributed by atoms with Crippen LogP contribution in [0.15, 0.2) is 30.3 Å². The van der Waals surface area contributed by atoms with E-state index in [1.165, 1.54) is 5.56 Å². The van der Waals surface area contributed by atoms with Crippen molar-refractivity contribution in [2.24, 2.45) is 0 Å². The molecule has 102 valence electrons. The van der Waals surface area contributed by atoms with Crippen molar-refractivity contribution < 1.29 is 9.59 Å². The van der Waals surface area contributed by atoms with E-state index in [1.54, 1.807) is 0 Å². The second kappa shape index (κ2) is 6.36. The monoisotopic (exact) mass is 260 g/mol. The first-order valence-electron chi connectivity index (χ1n) is 6.79. The highest BCUT2D eigenvalue weighted by Gasteiger charge is 2.27. The summed E-state index contributed by atoms with van der Waals surface area (Å²) in [6, 6.07) is 9.99. The van der Waals surface area contributed by atoms with E-state index >= 15 is 0 Å².